The van der Waals surface area contributed by atoms with Crippen molar-refractivity contribution in [2.75, 3.05) is 18.9 Å². The molecule has 3 aromatic rings. The van der Waals surface area contributed by atoms with Gasteiger partial charge in [0.2, 0.25) is 0 Å². The highest BCUT2D eigenvalue weighted by molar-refractivity contribution is 6.34. The first-order valence-corrected chi connectivity index (χ1v) is 11.3. The summed E-state index contributed by atoms with van der Waals surface area (Å²) in [4.78, 5) is 55.6. The number of nitro benzene ring substituents is 1. The molecule has 6 rings (SSSR count). The fraction of sp³-hybridized carbons (Fsp3) is 0.222. The molecule has 1 fully saturated rings. The first-order chi connectivity index (χ1) is 16.7. The van der Waals surface area contributed by atoms with E-state index in [1.54, 1.807) is 54.4 Å². The molecule has 1 saturated heterocycles. The van der Waals surface area contributed by atoms with Crippen LogP contribution in [-0.4, -0.2) is 40.9 Å². The number of benzene rings is 3. The van der Waals surface area contributed by atoms with Crippen LogP contribution < -0.4 is 5.32 Å². The number of nitro groups is 1. The predicted molar refractivity (Wildman–Crippen MR) is 127 cm³/mol. The smallest absolute Gasteiger partial charge is 0.269 e. The normalized spacial score (nSPS) is 24.2. The number of hydrogen-bond acceptors (Lipinski definition) is 6. The third-order valence-corrected chi connectivity index (χ3v) is 7.88. The summed E-state index contributed by atoms with van der Waals surface area (Å²) in [6.07, 6.45) is 0. The van der Waals surface area contributed by atoms with Gasteiger partial charge < -0.3 is 5.32 Å². The number of aryl methyl sites for hydroxylation is 1. The molecule has 0 saturated carbocycles. The molecule has 0 bridgehead atoms. The number of likely N-dealkylation sites (N-methyl/N-ethyl adjacent to an activating group) is 1. The summed E-state index contributed by atoms with van der Waals surface area (Å²) in [6, 6.07) is 18.2. The van der Waals surface area contributed by atoms with E-state index in [1.165, 1.54) is 12.1 Å². The number of hydrogen-bond donors (Lipinski definition) is 1. The Bertz CT molecular complexity index is 1460. The molecule has 3 aliphatic rings. The van der Waals surface area contributed by atoms with E-state index in [2.05, 4.69) is 5.32 Å². The molecule has 2 aliphatic heterocycles. The van der Waals surface area contributed by atoms with E-state index in [1.807, 2.05) is 19.1 Å². The number of anilines is 1. The highest BCUT2D eigenvalue weighted by Crippen LogP contribution is 2.66. The summed E-state index contributed by atoms with van der Waals surface area (Å²) in [5.41, 5.74) is -0.503. The van der Waals surface area contributed by atoms with E-state index in [0.29, 0.717) is 16.8 Å². The largest absolute Gasteiger partial charge is 0.324 e. The van der Waals surface area contributed by atoms with Crippen molar-refractivity contribution < 1.29 is 19.3 Å². The maximum Gasteiger partial charge on any atom is 0.269 e. The second kappa shape index (κ2) is 6.93. The van der Waals surface area contributed by atoms with Crippen LogP contribution in [0.15, 0.2) is 66.7 Å². The van der Waals surface area contributed by atoms with Crippen molar-refractivity contribution in [3.63, 3.8) is 0 Å². The van der Waals surface area contributed by atoms with E-state index in [-0.39, 0.29) is 23.4 Å². The second-order valence-electron chi connectivity index (χ2n) is 9.51. The molecule has 2 atom stereocenters. The van der Waals surface area contributed by atoms with Crippen molar-refractivity contribution in [2.45, 2.75) is 18.4 Å². The van der Waals surface area contributed by atoms with Gasteiger partial charge in [0.05, 0.1) is 4.92 Å². The van der Waals surface area contributed by atoms with E-state index < -0.39 is 39.3 Å². The van der Waals surface area contributed by atoms with Crippen molar-refractivity contribution in [2.24, 2.45) is 5.41 Å². The minimum atomic E-state index is -1.82. The molecule has 35 heavy (non-hydrogen) atoms. The van der Waals surface area contributed by atoms with Crippen LogP contribution in [0.4, 0.5) is 11.4 Å². The van der Waals surface area contributed by atoms with Crippen molar-refractivity contribution in [3.05, 3.63) is 105 Å². The lowest BCUT2D eigenvalue weighted by Crippen LogP contribution is -2.60. The Morgan fingerprint density at radius 2 is 1.66 bits per heavy atom. The number of non-ortho nitro benzene ring substituents is 1. The lowest BCUT2D eigenvalue weighted by atomic mass is 9.58. The number of carbonyl (C=O) groups is 3. The van der Waals surface area contributed by atoms with Gasteiger partial charge in [-0.15, -0.1) is 0 Å². The molecular weight excluding hydrogens is 446 g/mol. The van der Waals surface area contributed by atoms with Crippen molar-refractivity contribution >= 4 is 28.8 Å². The van der Waals surface area contributed by atoms with Crippen LogP contribution in [0.5, 0.6) is 0 Å². The molecule has 8 nitrogen and oxygen atoms in total. The molecule has 8 heteroatoms. The zero-order chi connectivity index (χ0) is 24.7. The molecule has 2 heterocycles. The summed E-state index contributed by atoms with van der Waals surface area (Å²) in [5.74, 6) is -2.08. The number of rotatable bonds is 2. The SMILES string of the molecule is Cc1ccc2c(c1)[C@]1(C(=O)N2)N(C)C[C@H](c2cccc([N+](=O)[O-])c2)C12C(=O)c1ccccc1C2=O. The third-order valence-electron chi connectivity index (χ3n) is 7.88. The van der Waals surface area contributed by atoms with Crippen LogP contribution >= 0.6 is 0 Å². The summed E-state index contributed by atoms with van der Waals surface area (Å²) in [5, 5.41) is 14.5. The molecular formula is C27H21N3O5. The number of likely N-dealkylation sites (tertiary alicyclic amines) is 1. The Morgan fingerprint density at radius 1 is 0.971 bits per heavy atom. The maximum atomic E-state index is 14.4. The molecule has 1 aliphatic carbocycles. The van der Waals surface area contributed by atoms with Crippen molar-refractivity contribution in [1.29, 1.82) is 0 Å². The van der Waals surface area contributed by atoms with E-state index in [0.717, 1.165) is 5.56 Å². The number of nitrogens with one attached hydrogen (secondary N) is 1. The average Bonchev–Trinajstić information content (AvgIpc) is 3.39. The van der Waals surface area contributed by atoms with Gasteiger partial charge in [-0.1, -0.05) is 54.1 Å². The van der Waals surface area contributed by atoms with Gasteiger partial charge in [-0.05, 0) is 25.6 Å². The van der Waals surface area contributed by atoms with Gasteiger partial charge in [-0.25, -0.2) is 0 Å². The molecule has 1 N–H and O–H groups in total. The molecule has 2 spiro atoms. The molecule has 1 amide bonds. The predicted octanol–water partition coefficient (Wildman–Crippen LogP) is 3.85. The maximum absolute atomic E-state index is 14.4. The van der Waals surface area contributed by atoms with Gasteiger partial charge >= 0.3 is 0 Å². The number of fused-ring (bicyclic) bond motifs is 4. The molecule has 3 aromatic carbocycles. The van der Waals surface area contributed by atoms with Gasteiger partial charge in [0.1, 0.15) is 11.0 Å². The van der Waals surface area contributed by atoms with E-state index in [9.17, 15) is 24.5 Å². The highest BCUT2D eigenvalue weighted by atomic mass is 16.6. The minimum Gasteiger partial charge on any atom is -0.324 e. The summed E-state index contributed by atoms with van der Waals surface area (Å²) in [7, 11) is 1.74. The lowest BCUT2D eigenvalue weighted by molar-refractivity contribution is -0.384. The topological polar surface area (TPSA) is 110 Å². The summed E-state index contributed by atoms with van der Waals surface area (Å²) < 4.78 is 0. The van der Waals surface area contributed by atoms with Crippen LogP contribution in [0.3, 0.4) is 0 Å². The highest BCUT2D eigenvalue weighted by Gasteiger charge is 2.78. The Morgan fingerprint density at radius 3 is 2.31 bits per heavy atom. The summed E-state index contributed by atoms with van der Waals surface area (Å²) in [6.45, 7) is 2.08. The first-order valence-electron chi connectivity index (χ1n) is 11.3. The molecule has 0 radical (unpaired) electrons. The lowest BCUT2D eigenvalue weighted by Gasteiger charge is -2.42. The number of nitrogens with zero attached hydrogens (tertiary/aromatic N) is 2. The number of ketones is 2. The zero-order valence-electron chi connectivity index (χ0n) is 19.1. The zero-order valence-corrected chi connectivity index (χ0v) is 19.1. The van der Waals surface area contributed by atoms with E-state index >= 15 is 0 Å². The quantitative estimate of drug-likeness (QED) is 0.348. The number of carbonyl (C=O) groups excluding carboxylic acids is 3. The fourth-order valence-corrected chi connectivity index (χ4v) is 6.54. The minimum absolute atomic E-state index is 0.135. The van der Waals surface area contributed by atoms with Crippen molar-refractivity contribution in [1.82, 2.24) is 4.90 Å². The van der Waals surface area contributed by atoms with Gasteiger partial charge in [0, 0.05) is 47.0 Å². The van der Waals surface area contributed by atoms with Crippen LogP contribution in [0.2, 0.25) is 0 Å². The van der Waals surface area contributed by atoms with Crippen LogP contribution in [0.1, 0.15) is 43.3 Å². The van der Waals surface area contributed by atoms with Gasteiger partial charge in [-0.3, -0.25) is 29.4 Å². The fourth-order valence-electron chi connectivity index (χ4n) is 6.54. The Balaban J connectivity index is 1.72. The molecule has 0 aromatic heterocycles. The second-order valence-corrected chi connectivity index (χ2v) is 9.51. The standard InChI is InChI=1S/C27H21N3O5/c1-15-10-11-22-20(12-15)27(25(33)28-22)26(23(31)18-8-3-4-9-19(18)24(26)32)21(14-29(27)2)16-6-5-7-17(13-16)30(34)35/h3-13,21H,14H2,1-2H3,(H,28,33)/t21-,27-/m1/s1. The Kier molecular flexibility index (Phi) is 4.23. The Hall–Kier alpha value is -4.17. The van der Waals surface area contributed by atoms with Gasteiger partial charge in [-0.2, -0.15) is 0 Å². The van der Waals surface area contributed by atoms with Crippen LogP contribution in [0.25, 0.3) is 0 Å². The van der Waals surface area contributed by atoms with Crippen LogP contribution in [0, 0.1) is 22.5 Å². The third kappa shape index (κ3) is 2.37. The Labute approximate surface area is 200 Å². The van der Waals surface area contributed by atoms with E-state index in [4.69, 9.17) is 0 Å². The van der Waals surface area contributed by atoms with Gasteiger partial charge in [0.25, 0.3) is 11.6 Å². The summed E-state index contributed by atoms with van der Waals surface area (Å²) >= 11 is 0. The molecule has 0 unspecified atom stereocenters. The molecule has 174 valence electrons. The van der Waals surface area contributed by atoms with Crippen LogP contribution in [-0.2, 0) is 10.3 Å². The van der Waals surface area contributed by atoms with Gasteiger partial charge in [0.15, 0.2) is 11.6 Å². The number of Topliss-reactive ketones (excluding diaryl/α,β-unsaturated/α-hetero) is 2. The monoisotopic (exact) mass is 467 g/mol. The number of amides is 1. The first kappa shape index (κ1) is 21.4. The average molecular weight is 467 g/mol. The van der Waals surface area contributed by atoms with Crippen molar-refractivity contribution in [3.8, 4) is 0 Å².